The van der Waals surface area contributed by atoms with E-state index >= 15 is 0 Å². The van der Waals surface area contributed by atoms with E-state index in [0.29, 0.717) is 12.1 Å². The van der Waals surface area contributed by atoms with Gasteiger partial charge in [0.05, 0.1) is 6.04 Å². The Labute approximate surface area is 176 Å². The fourth-order valence-electron chi connectivity index (χ4n) is 5.12. The molecule has 0 radical (unpaired) electrons. The lowest BCUT2D eigenvalue weighted by molar-refractivity contribution is -0.128. The molecule has 1 aromatic heterocycles. The van der Waals surface area contributed by atoms with Crippen molar-refractivity contribution in [2.24, 2.45) is 5.92 Å². The van der Waals surface area contributed by atoms with E-state index in [1.54, 1.807) is 4.90 Å². The number of benzene rings is 2. The Hall–Kier alpha value is -3.08. The molecule has 5 nitrogen and oxygen atoms in total. The number of hydrogen-bond donors (Lipinski definition) is 2. The molecule has 1 unspecified atom stereocenters. The third-order valence-electron chi connectivity index (χ3n) is 6.52. The van der Waals surface area contributed by atoms with Crippen LogP contribution in [0.3, 0.4) is 0 Å². The van der Waals surface area contributed by atoms with Crippen molar-refractivity contribution in [2.75, 3.05) is 0 Å². The van der Waals surface area contributed by atoms with Crippen molar-refractivity contribution in [2.45, 2.75) is 51.7 Å². The summed E-state index contributed by atoms with van der Waals surface area (Å²) in [6, 6.07) is 15.4. The molecule has 30 heavy (non-hydrogen) atoms. The molecular formula is C25H27N3O2. The molecular weight excluding hydrogens is 374 g/mol. The van der Waals surface area contributed by atoms with Gasteiger partial charge in [-0.15, -0.1) is 0 Å². The summed E-state index contributed by atoms with van der Waals surface area (Å²) in [5, 5.41) is 4.52. The number of aryl methyl sites for hydroxylation is 1. The van der Waals surface area contributed by atoms with E-state index in [4.69, 9.17) is 0 Å². The molecule has 2 heterocycles. The zero-order valence-corrected chi connectivity index (χ0v) is 17.4. The number of carbonyl (C=O) groups excluding carboxylic acids is 2. The second-order valence-electron chi connectivity index (χ2n) is 8.80. The van der Waals surface area contributed by atoms with Crippen LogP contribution in [-0.4, -0.2) is 27.7 Å². The number of carbonyl (C=O) groups is 2. The van der Waals surface area contributed by atoms with Gasteiger partial charge < -0.3 is 15.2 Å². The number of fused-ring (bicyclic) bond motifs is 4. The molecule has 5 heteroatoms. The van der Waals surface area contributed by atoms with E-state index in [-0.39, 0.29) is 23.8 Å². The van der Waals surface area contributed by atoms with Crippen LogP contribution in [0.1, 0.15) is 59.9 Å². The molecule has 0 saturated heterocycles. The lowest BCUT2D eigenvalue weighted by atomic mass is 9.91. The number of nitrogens with zero attached hydrogens (tertiary/aromatic N) is 1. The topological polar surface area (TPSA) is 65.2 Å². The lowest BCUT2D eigenvalue weighted by Crippen LogP contribution is -2.51. The fourth-order valence-corrected chi connectivity index (χ4v) is 5.12. The van der Waals surface area contributed by atoms with Crippen LogP contribution in [0.25, 0.3) is 10.9 Å². The first kappa shape index (κ1) is 18.9. The van der Waals surface area contributed by atoms with Crippen molar-refractivity contribution >= 4 is 22.7 Å². The summed E-state index contributed by atoms with van der Waals surface area (Å²) in [6.07, 6.45) is 2.98. The number of hydrogen-bond acceptors (Lipinski definition) is 2. The number of para-hydroxylation sites is 1. The van der Waals surface area contributed by atoms with Gasteiger partial charge in [0.1, 0.15) is 6.04 Å². The highest BCUT2D eigenvalue weighted by atomic mass is 16.2. The molecule has 2 aromatic carbocycles. The van der Waals surface area contributed by atoms with E-state index in [0.717, 1.165) is 36.0 Å². The smallest absolute Gasteiger partial charge is 0.255 e. The molecule has 1 aliphatic heterocycles. The molecule has 2 aliphatic rings. The quantitative estimate of drug-likeness (QED) is 0.683. The molecule has 0 bridgehead atoms. The van der Waals surface area contributed by atoms with Crippen LogP contribution < -0.4 is 5.32 Å². The van der Waals surface area contributed by atoms with E-state index in [1.807, 2.05) is 44.2 Å². The number of nitrogens with one attached hydrogen (secondary N) is 2. The molecule has 2 atom stereocenters. The first-order chi connectivity index (χ1) is 14.5. The van der Waals surface area contributed by atoms with Crippen LogP contribution in [0.5, 0.6) is 0 Å². The normalized spacial score (nSPS) is 19.1. The van der Waals surface area contributed by atoms with Crippen LogP contribution in [0.15, 0.2) is 48.5 Å². The highest BCUT2D eigenvalue weighted by Gasteiger charge is 2.39. The second-order valence-corrected chi connectivity index (χ2v) is 8.80. The van der Waals surface area contributed by atoms with Crippen molar-refractivity contribution in [3.8, 4) is 0 Å². The van der Waals surface area contributed by atoms with Crippen molar-refractivity contribution in [3.63, 3.8) is 0 Å². The zero-order valence-electron chi connectivity index (χ0n) is 17.4. The SMILES string of the molecule is CC(C)[C@@H](C(=O)NC1CCCc2c1[nH]c1ccccc21)N1Cc2ccccc2C1=O. The highest BCUT2D eigenvalue weighted by molar-refractivity contribution is 6.01. The van der Waals surface area contributed by atoms with Crippen LogP contribution in [0, 0.1) is 5.92 Å². The summed E-state index contributed by atoms with van der Waals surface area (Å²) in [4.78, 5) is 31.7. The summed E-state index contributed by atoms with van der Waals surface area (Å²) < 4.78 is 0. The maximum absolute atomic E-state index is 13.4. The molecule has 0 fully saturated rings. The van der Waals surface area contributed by atoms with E-state index in [2.05, 4.69) is 28.5 Å². The van der Waals surface area contributed by atoms with E-state index < -0.39 is 6.04 Å². The first-order valence-electron chi connectivity index (χ1n) is 10.8. The number of amides is 2. The van der Waals surface area contributed by atoms with Crippen molar-refractivity contribution in [1.82, 2.24) is 15.2 Å². The van der Waals surface area contributed by atoms with Gasteiger partial charge >= 0.3 is 0 Å². The van der Waals surface area contributed by atoms with Gasteiger partial charge in [-0.2, -0.15) is 0 Å². The van der Waals surface area contributed by atoms with Gasteiger partial charge in [0, 0.05) is 28.7 Å². The highest BCUT2D eigenvalue weighted by Crippen LogP contribution is 2.35. The number of H-pyrrole nitrogens is 1. The molecule has 2 N–H and O–H groups in total. The first-order valence-corrected chi connectivity index (χ1v) is 10.8. The van der Waals surface area contributed by atoms with Crippen LogP contribution in [-0.2, 0) is 17.8 Å². The van der Waals surface area contributed by atoms with Gasteiger partial charge in [-0.05, 0) is 48.4 Å². The van der Waals surface area contributed by atoms with Gasteiger partial charge in [0.15, 0.2) is 0 Å². The molecule has 3 aromatic rings. The average molecular weight is 402 g/mol. The minimum Gasteiger partial charge on any atom is -0.356 e. The van der Waals surface area contributed by atoms with Crippen LogP contribution >= 0.6 is 0 Å². The monoisotopic (exact) mass is 401 g/mol. The summed E-state index contributed by atoms with van der Waals surface area (Å²) in [5.74, 6) is -0.0916. The average Bonchev–Trinajstić information content (AvgIpc) is 3.27. The number of aromatic nitrogens is 1. The standard InChI is InChI=1S/C25H27N3O2/c1-15(2)23(28-14-16-8-3-4-9-17(16)25(28)30)24(29)27-21-13-7-11-19-18-10-5-6-12-20(18)26-22(19)21/h3-6,8-10,12,15,21,23,26H,7,11,13-14H2,1-2H3,(H,27,29)/t21?,23-/m0/s1. The maximum atomic E-state index is 13.4. The third-order valence-corrected chi connectivity index (χ3v) is 6.52. The molecule has 0 saturated carbocycles. The Bertz CT molecular complexity index is 1130. The Morgan fingerprint density at radius 3 is 2.70 bits per heavy atom. The minimum absolute atomic E-state index is 0.0223. The van der Waals surface area contributed by atoms with Gasteiger partial charge in [0.25, 0.3) is 5.91 Å². The molecule has 5 rings (SSSR count). The molecule has 154 valence electrons. The van der Waals surface area contributed by atoms with Crippen LogP contribution in [0.2, 0.25) is 0 Å². The summed E-state index contributed by atoms with van der Waals surface area (Å²) >= 11 is 0. The van der Waals surface area contributed by atoms with Gasteiger partial charge in [0.2, 0.25) is 5.91 Å². The Balaban J connectivity index is 1.41. The summed E-state index contributed by atoms with van der Waals surface area (Å²) in [7, 11) is 0. The summed E-state index contributed by atoms with van der Waals surface area (Å²) in [6.45, 7) is 4.51. The molecule has 0 spiro atoms. The largest absolute Gasteiger partial charge is 0.356 e. The van der Waals surface area contributed by atoms with Crippen molar-refractivity contribution in [3.05, 3.63) is 70.9 Å². The zero-order chi connectivity index (χ0) is 20.8. The van der Waals surface area contributed by atoms with E-state index in [9.17, 15) is 9.59 Å². The predicted molar refractivity (Wildman–Crippen MR) is 117 cm³/mol. The number of aromatic amines is 1. The van der Waals surface area contributed by atoms with Crippen molar-refractivity contribution < 1.29 is 9.59 Å². The van der Waals surface area contributed by atoms with Crippen LogP contribution in [0.4, 0.5) is 0 Å². The maximum Gasteiger partial charge on any atom is 0.255 e. The minimum atomic E-state index is -0.486. The summed E-state index contributed by atoms with van der Waals surface area (Å²) in [5.41, 5.74) is 5.26. The third kappa shape index (κ3) is 3.00. The molecule has 2 amide bonds. The lowest BCUT2D eigenvalue weighted by Gasteiger charge is -2.32. The predicted octanol–water partition coefficient (Wildman–Crippen LogP) is 4.34. The van der Waals surface area contributed by atoms with Gasteiger partial charge in [-0.1, -0.05) is 50.2 Å². The van der Waals surface area contributed by atoms with Gasteiger partial charge in [-0.25, -0.2) is 0 Å². The van der Waals surface area contributed by atoms with E-state index in [1.165, 1.54) is 10.9 Å². The second kappa shape index (κ2) is 7.31. The number of rotatable bonds is 4. The Morgan fingerprint density at radius 1 is 1.13 bits per heavy atom. The molecule has 1 aliphatic carbocycles. The van der Waals surface area contributed by atoms with Gasteiger partial charge in [-0.3, -0.25) is 9.59 Å². The Morgan fingerprint density at radius 2 is 1.90 bits per heavy atom. The van der Waals surface area contributed by atoms with Crippen molar-refractivity contribution in [1.29, 1.82) is 0 Å². The Kier molecular flexibility index (Phi) is 4.61. The fraction of sp³-hybridized carbons (Fsp3) is 0.360.